The molecule has 31 heavy (non-hydrogen) atoms. The Morgan fingerprint density at radius 2 is 1.23 bits per heavy atom. The second-order valence-electron chi connectivity index (χ2n) is 6.63. The predicted molar refractivity (Wildman–Crippen MR) is 123 cm³/mol. The van der Waals surface area contributed by atoms with Crippen LogP contribution >= 0.6 is 46.4 Å². The Morgan fingerprint density at radius 1 is 0.677 bits per heavy atom. The maximum Gasteiger partial charge on any atom is 0.267 e. The zero-order valence-corrected chi connectivity index (χ0v) is 18.4. The number of imide groups is 1. The van der Waals surface area contributed by atoms with Crippen LogP contribution in [-0.2, 0) is 0 Å². The summed E-state index contributed by atoms with van der Waals surface area (Å²) in [5.74, 6) is -1.78. The van der Waals surface area contributed by atoms with E-state index in [4.69, 9.17) is 46.4 Å². The number of hydrogen-bond donors (Lipinski definition) is 2. The smallest absolute Gasteiger partial charge is 0.267 e. The number of amides is 2. The van der Waals surface area contributed by atoms with Crippen molar-refractivity contribution >= 4 is 76.1 Å². The summed E-state index contributed by atoms with van der Waals surface area (Å²) in [7, 11) is 0. The fourth-order valence-corrected chi connectivity index (χ4v) is 4.20. The number of rotatable bonds is 3. The van der Waals surface area contributed by atoms with Crippen LogP contribution in [0.15, 0.2) is 42.5 Å². The Morgan fingerprint density at radius 3 is 1.77 bits per heavy atom. The van der Waals surface area contributed by atoms with Crippen LogP contribution in [0.3, 0.4) is 0 Å². The predicted octanol–water partition coefficient (Wildman–Crippen LogP) is 6.68. The van der Waals surface area contributed by atoms with Crippen molar-refractivity contribution in [3.63, 3.8) is 0 Å². The van der Waals surface area contributed by atoms with Crippen LogP contribution in [-0.4, -0.2) is 22.0 Å². The van der Waals surface area contributed by atoms with Gasteiger partial charge in [-0.3, -0.25) is 9.59 Å². The Kier molecular flexibility index (Phi) is 5.62. The number of carbonyl (C=O) groups is 2. The SMILES string of the molecule is O=C1c2c(Cl)c(Cl)c(Cl)c(Cl)c2C(=O)N1c1cccc(/C=C/c2ccc(O)c(O)c2)c1. The number of benzene rings is 3. The molecule has 0 fully saturated rings. The fourth-order valence-electron chi connectivity index (χ4n) is 3.19. The Labute approximate surface area is 196 Å². The van der Waals surface area contributed by atoms with E-state index >= 15 is 0 Å². The second-order valence-corrected chi connectivity index (χ2v) is 8.14. The molecule has 2 N–H and O–H groups in total. The van der Waals surface area contributed by atoms with Crippen molar-refractivity contribution in [2.24, 2.45) is 0 Å². The molecule has 4 rings (SSSR count). The molecular formula is C22H11Cl4NO4. The summed E-state index contributed by atoms with van der Waals surface area (Å²) in [6.07, 6.45) is 3.43. The van der Waals surface area contributed by atoms with E-state index in [-0.39, 0.29) is 42.7 Å². The lowest BCUT2D eigenvalue weighted by molar-refractivity contribution is 0.0926. The standard InChI is InChI=1S/C22H11Cl4NO4/c23-17-15-16(18(24)20(26)19(17)25)22(31)27(21(15)30)12-3-1-2-10(8-12)4-5-11-6-7-13(28)14(29)9-11/h1-9,28-29H/b5-4+. The van der Waals surface area contributed by atoms with E-state index < -0.39 is 11.8 Å². The van der Waals surface area contributed by atoms with Gasteiger partial charge in [0.2, 0.25) is 0 Å². The summed E-state index contributed by atoms with van der Waals surface area (Å²) in [6, 6.07) is 11.1. The van der Waals surface area contributed by atoms with E-state index in [1.165, 1.54) is 12.1 Å². The second kappa shape index (κ2) is 8.09. The third kappa shape index (κ3) is 3.64. The van der Waals surface area contributed by atoms with E-state index in [1.807, 2.05) is 0 Å². The van der Waals surface area contributed by atoms with Crippen molar-refractivity contribution in [2.45, 2.75) is 0 Å². The minimum atomic E-state index is -0.657. The molecule has 9 heteroatoms. The minimum absolute atomic E-state index is 0.0911. The molecule has 3 aromatic carbocycles. The van der Waals surface area contributed by atoms with Gasteiger partial charge >= 0.3 is 0 Å². The molecule has 3 aromatic rings. The first kappa shape index (κ1) is 21.5. The highest BCUT2D eigenvalue weighted by atomic mass is 35.5. The zero-order valence-electron chi connectivity index (χ0n) is 15.4. The van der Waals surface area contributed by atoms with Gasteiger partial charge in [0, 0.05) is 0 Å². The number of anilines is 1. The maximum absolute atomic E-state index is 13.0. The molecule has 0 bridgehead atoms. The van der Waals surface area contributed by atoms with Gasteiger partial charge in [0.15, 0.2) is 11.5 Å². The van der Waals surface area contributed by atoms with Crippen molar-refractivity contribution in [3.8, 4) is 11.5 Å². The van der Waals surface area contributed by atoms with Crippen molar-refractivity contribution in [3.05, 3.63) is 84.8 Å². The Balaban J connectivity index is 1.71. The summed E-state index contributed by atoms with van der Waals surface area (Å²) in [4.78, 5) is 26.9. The molecule has 0 aromatic heterocycles. The normalized spacial score (nSPS) is 13.4. The molecule has 1 aliphatic heterocycles. The van der Waals surface area contributed by atoms with Crippen LogP contribution in [0.4, 0.5) is 5.69 Å². The van der Waals surface area contributed by atoms with E-state index in [1.54, 1.807) is 42.5 Å². The quantitative estimate of drug-likeness (QED) is 0.140. The fraction of sp³-hybridized carbons (Fsp3) is 0. The summed E-state index contributed by atoms with van der Waals surface area (Å²) in [5, 5.41) is 18.6. The topological polar surface area (TPSA) is 77.8 Å². The highest BCUT2D eigenvalue weighted by molar-refractivity contribution is 6.56. The Bertz CT molecular complexity index is 1260. The van der Waals surface area contributed by atoms with Gasteiger partial charge in [-0.05, 0) is 35.4 Å². The first-order chi connectivity index (χ1) is 14.7. The molecule has 1 heterocycles. The van der Waals surface area contributed by atoms with Gasteiger partial charge in [0.05, 0.1) is 36.9 Å². The molecule has 0 saturated carbocycles. The van der Waals surface area contributed by atoms with Crippen molar-refractivity contribution < 1.29 is 19.8 Å². The van der Waals surface area contributed by atoms with Gasteiger partial charge in [-0.1, -0.05) is 76.8 Å². The van der Waals surface area contributed by atoms with Crippen LogP contribution in [0.2, 0.25) is 20.1 Å². The summed E-state index contributed by atoms with van der Waals surface area (Å²) in [5.41, 5.74) is 1.44. The molecule has 0 aliphatic carbocycles. The molecule has 0 unspecified atom stereocenters. The van der Waals surface area contributed by atoms with E-state index in [2.05, 4.69) is 0 Å². The van der Waals surface area contributed by atoms with Gasteiger partial charge in [-0.15, -0.1) is 0 Å². The molecule has 156 valence electrons. The monoisotopic (exact) mass is 493 g/mol. The Hall–Kier alpha value is -2.70. The van der Waals surface area contributed by atoms with Crippen LogP contribution in [0, 0.1) is 0 Å². The maximum atomic E-state index is 13.0. The van der Waals surface area contributed by atoms with Crippen LogP contribution in [0.5, 0.6) is 11.5 Å². The number of phenolic OH excluding ortho intramolecular Hbond substituents is 2. The third-order valence-electron chi connectivity index (χ3n) is 4.70. The van der Waals surface area contributed by atoms with E-state index in [0.29, 0.717) is 16.8 Å². The third-order valence-corrected chi connectivity index (χ3v) is 6.50. The molecule has 5 nitrogen and oxygen atoms in total. The summed E-state index contributed by atoms with van der Waals surface area (Å²) >= 11 is 24.4. The average Bonchev–Trinajstić information content (AvgIpc) is 3.02. The first-order valence-electron chi connectivity index (χ1n) is 8.75. The number of halogens is 4. The van der Waals surface area contributed by atoms with Crippen LogP contribution in [0.1, 0.15) is 31.8 Å². The van der Waals surface area contributed by atoms with Gasteiger partial charge in [0.1, 0.15) is 0 Å². The number of hydrogen-bond acceptors (Lipinski definition) is 4. The molecule has 2 amide bonds. The summed E-state index contributed by atoms with van der Waals surface area (Å²) in [6.45, 7) is 0. The number of fused-ring (bicyclic) bond motifs is 1. The van der Waals surface area contributed by atoms with Crippen molar-refractivity contribution in [1.82, 2.24) is 0 Å². The highest BCUT2D eigenvalue weighted by Gasteiger charge is 2.42. The van der Waals surface area contributed by atoms with Crippen LogP contribution in [0.25, 0.3) is 12.2 Å². The van der Waals surface area contributed by atoms with Crippen LogP contribution < -0.4 is 4.90 Å². The number of nitrogens with zero attached hydrogens (tertiary/aromatic N) is 1. The van der Waals surface area contributed by atoms with Crippen molar-refractivity contribution in [1.29, 1.82) is 0 Å². The van der Waals surface area contributed by atoms with E-state index in [0.717, 1.165) is 4.90 Å². The van der Waals surface area contributed by atoms with Gasteiger partial charge in [-0.25, -0.2) is 4.90 Å². The summed E-state index contributed by atoms with van der Waals surface area (Å²) < 4.78 is 0. The van der Waals surface area contributed by atoms with Crippen molar-refractivity contribution in [2.75, 3.05) is 4.90 Å². The number of phenols is 2. The first-order valence-corrected chi connectivity index (χ1v) is 10.3. The highest BCUT2D eigenvalue weighted by Crippen LogP contribution is 2.45. The zero-order chi connectivity index (χ0) is 22.4. The molecule has 1 aliphatic rings. The lowest BCUT2D eigenvalue weighted by Crippen LogP contribution is -2.29. The van der Waals surface area contributed by atoms with E-state index in [9.17, 15) is 19.8 Å². The molecule has 0 radical (unpaired) electrons. The van der Waals surface area contributed by atoms with Gasteiger partial charge in [-0.2, -0.15) is 0 Å². The minimum Gasteiger partial charge on any atom is -0.504 e. The van der Waals surface area contributed by atoms with Gasteiger partial charge in [0.25, 0.3) is 11.8 Å². The molecular weight excluding hydrogens is 484 g/mol. The number of aromatic hydroxyl groups is 2. The lowest BCUT2D eigenvalue weighted by Gasteiger charge is -2.14. The van der Waals surface area contributed by atoms with Gasteiger partial charge < -0.3 is 10.2 Å². The largest absolute Gasteiger partial charge is 0.504 e. The lowest BCUT2D eigenvalue weighted by atomic mass is 10.1. The molecule has 0 saturated heterocycles. The molecule has 0 spiro atoms. The molecule has 0 atom stereocenters. The number of carbonyl (C=O) groups excluding carboxylic acids is 2. The average molecular weight is 495 g/mol.